The van der Waals surface area contributed by atoms with E-state index in [4.69, 9.17) is 0 Å². The van der Waals surface area contributed by atoms with Crippen molar-refractivity contribution >= 4 is 37.6 Å². The monoisotopic (exact) mass is 406 g/mol. The molecular formula is C14H7Br2F3O. The van der Waals surface area contributed by atoms with Crippen LogP contribution in [0.5, 0.6) is 0 Å². The third-order valence-electron chi connectivity index (χ3n) is 2.70. The van der Waals surface area contributed by atoms with E-state index in [2.05, 4.69) is 31.9 Å². The zero-order valence-electron chi connectivity index (χ0n) is 9.89. The van der Waals surface area contributed by atoms with Crippen LogP contribution in [-0.2, 0) is 6.42 Å². The smallest absolute Gasteiger partial charge is 0.173 e. The number of carbonyl (C=O) groups is 1. The van der Waals surface area contributed by atoms with Gasteiger partial charge in [-0.05, 0) is 45.8 Å². The molecule has 0 fully saturated rings. The van der Waals surface area contributed by atoms with Crippen molar-refractivity contribution in [1.29, 1.82) is 0 Å². The number of hydrogen-bond donors (Lipinski definition) is 0. The van der Waals surface area contributed by atoms with Gasteiger partial charge < -0.3 is 0 Å². The molecule has 0 amide bonds. The van der Waals surface area contributed by atoms with Crippen LogP contribution in [0.4, 0.5) is 13.2 Å². The van der Waals surface area contributed by atoms with Crippen LogP contribution in [0.25, 0.3) is 0 Å². The highest BCUT2D eigenvalue weighted by Crippen LogP contribution is 2.25. The fourth-order valence-corrected chi connectivity index (χ4v) is 2.55. The van der Waals surface area contributed by atoms with Crippen LogP contribution in [0, 0.1) is 17.5 Å². The number of rotatable bonds is 3. The van der Waals surface area contributed by atoms with Crippen LogP contribution in [0.1, 0.15) is 15.9 Å². The van der Waals surface area contributed by atoms with Crippen molar-refractivity contribution in [2.75, 3.05) is 0 Å². The van der Waals surface area contributed by atoms with E-state index in [-0.39, 0.29) is 22.0 Å². The molecule has 6 heteroatoms. The molecular weight excluding hydrogens is 401 g/mol. The number of hydrogen-bond acceptors (Lipinski definition) is 1. The summed E-state index contributed by atoms with van der Waals surface area (Å²) in [7, 11) is 0. The number of carbonyl (C=O) groups excluding carboxylic acids is 1. The molecule has 0 aliphatic heterocycles. The summed E-state index contributed by atoms with van der Waals surface area (Å²) >= 11 is 5.95. The predicted octanol–water partition coefficient (Wildman–Crippen LogP) is 5.05. The van der Waals surface area contributed by atoms with Gasteiger partial charge in [-0.3, -0.25) is 4.79 Å². The maximum Gasteiger partial charge on any atom is 0.173 e. The second kappa shape index (κ2) is 6.10. The van der Waals surface area contributed by atoms with Crippen LogP contribution >= 0.6 is 31.9 Å². The Morgan fingerprint density at radius 3 is 2.35 bits per heavy atom. The van der Waals surface area contributed by atoms with Crippen molar-refractivity contribution < 1.29 is 18.0 Å². The van der Waals surface area contributed by atoms with Gasteiger partial charge >= 0.3 is 0 Å². The van der Waals surface area contributed by atoms with E-state index in [1.807, 2.05) is 0 Å². The van der Waals surface area contributed by atoms with Gasteiger partial charge in [0.1, 0.15) is 5.82 Å². The summed E-state index contributed by atoms with van der Waals surface area (Å²) in [6, 6.07) is 6.34. The predicted molar refractivity (Wildman–Crippen MR) is 76.2 cm³/mol. The molecule has 0 atom stereocenters. The summed E-state index contributed by atoms with van der Waals surface area (Å²) in [5.74, 6) is -3.22. The Balaban J connectivity index is 2.31. The van der Waals surface area contributed by atoms with Gasteiger partial charge in [0.25, 0.3) is 0 Å². The van der Waals surface area contributed by atoms with Crippen LogP contribution in [-0.4, -0.2) is 5.78 Å². The van der Waals surface area contributed by atoms with Gasteiger partial charge in [0, 0.05) is 16.5 Å². The van der Waals surface area contributed by atoms with Crippen LogP contribution in [0.2, 0.25) is 0 Å². The molecule has 0 unspecified atom stereocenters. The molecule has 0 heterocycles. The fraction of sp³-hybridized carbons (Fsp3) is 0.0714. The highest BCUT2D eigenvalue weighted by Gasteiger charge is 2.18. The molecule has 0 aliphatic rings. The summed E-state index contributed by atoms with van der Waals surface area (Å²) < 4.78 is 40.3. The maximum absolute atomic E-state index is 13.6. The Morgan fingerprint density at radius 1 is 1.00 bits per heavy atom. The molecule has 0 bridgehead atoms. The van der Waals surface area contributed by atoms with E-state index in [9.17, 15) is 18.0 Å². The van der Waals surface area contributed by atoms with Gasteiger partial charge in [-0.1, -0.05) is 22.0 Å². The molecule has 0 saturated heterocycles. The normalized spacial score (nSPS) is 10.7. The number of Topliss-reactive ketones (excluding diaryl/α,β-unsaturated/α-hetero) is 1. The molecule has 1 nitrogen and oxygen atoms in total. The van der Waals surface area contributed by atoms with E-state index in [1.54, 1.807) is 6.07 Å². The summed E-state index contributed by atoms with van der Waals surface area (Å²) in [6.45, 7) is 0. The van der Waals surface area contributed by atoms with Gasteiger partial charge in [-0.15, -0.1) is 0 Å². The van der Waals surface area contributed by atoms with Crippen molar-refractivity contribution in [3.63, 3.8) is 0 Å². The Labute approximate surface area is 130 Å². The van der Waals surface area contributed by atoms with Crippen LogP contribution in [0.15, 0.2) is 39.3 Å². The van der Waals surface area contributed by atoms with E-state index in [0.29, 0.717) is 4.47 Å². The lowest BCUT2D eigenvalue weighted by Crippen LogP contribution is -2.07. The molecule has 0 saturated carbocycles. The second-order valence-electron chi connectivity index (χ2n) is 4.06. The largest absolute Gasteiger partial charge is 0.294 e. The van der Waals surface area contributed by atoms with Crippen LogP contribution < -0.4 is 0 Å². The van der Waals surface area contributed by atoms with Gasteiger partial charge in [0.05, 0.1) is 4.47 Å². The van der Waals surface area contributed by atoms with Crippen molar-refractivity contribution in [3.05, 3.63) is 67.9 Å². The molecule has 20 heavy (non-hydrogen) atoms. The molecule has 104 valence electrons. The first kappa shape index (κ1) is 15.3. The van der Waals surface area contributed by atoms with E-state index >= 15 is 0 Å². The molecule has 2 aromatic carbocycles. The van der Waals surface area contributed by atoms with Gasteiger partial charge in [0.15, 0.2) is 17.4 Å². The summed E-state index contributed by atoms with van der Waals surface area (Å²) in [4.78, 5) is 12.0. The average Bonchev–Trinajstić information content (AvgIpc) is 2.39. The lowest BCUT2D eigenvalue weighted by atomic mass is 10.0. The zero-order chi connectivity index (χ0) is 14.9. The molecule has 2 aromatic rings. The summed E-state index contributed by atoms with van der Waals surface area (Å²) in [6.07, 6.45) is -0.233. The average molecular weight is 408 g/mol. The molecule has 0 spiro atoms. The highest BCUT2D eigenvalue weighted by molar-refractivity contribution is 9.10. The number of ketones is 1. The third kappa shape index (κ3) is 3.12. The minimum Gasteiger partial charge on any atom is -0.294 e. The Kier molecular flexibility index (Phi) is 4.65. The molecule has 2 rings (SSSR count). The number of benzene rings is 2. The van der Waals surface area contributed by atoms with Crippen LogP contribution in [0.3, 0.4) is 0 Å². The molecule has 0 aliphatic carbocycles. The summed E-state index contributed by atoms with van der Waals surface area (Å²) in [5.41, 5.74) is 0.168. The molecule has 0 N–H and O–H groups in total. The minimum atomic E-state index is -1.13. The topological polar surface area (TPSA) is 17.1 Å². The zero-order valence-corrected chi connectivity index (χ0v) is 13.1. The lowest BCUT2D eigenvalue weighted by molar-refractivity contribution is 0.0990. The van der Waals surface area contributed by atoms with Gasteiger partial charge in [-0.25, -0.2) is 13.2 Å². The van der Waals surface area contributed by atoms with Crippen molar-refractivity contribution in [3.8, 4) is 0 Å². The Hall–Kier alpha value is -1.14. The van der Waals surface area contributed by atoms with E-state index in [1.165, 1.54) is 18.2 Å². The molecule has 0 radical (unpaired) electrons. The quantitative estimate of drug-likeness (QED) is 0.513. The lowest BCUT2D eigenvalue weighted by Gasteiger charge is -2.06. The van der Waals surface area contributed by atoms with E-state index < -0.39 is 23.2 Å². The standard InChI is InChI=1S/C14H7Br2F3O/c15-8-2-1-7(11(18)6-8)5-12(20)9-3-4-10(17)14(19)13(9)16/h1-4,6H,5H2. The number of halogens is 5. The van der Waals surface area contributed by atoms with E-state index in [0.717, 1.165) is 6.07 Å². The maximum atomic E-state index is 13.6. The third-order valence-corrected chi connectivity index (χ3v) is 3.97. The highest BCUT2D eigenvalue weighted by atomic mass is 79.9. The second-order valence-corrected chi connectivity index (χ2v) is 5.77. The van der Waals surface area contributed by atoms with Crippen molar-refractivity contribution in [1.82, 2.24) is 0 Å². The first-order valence-electron chi connectivity index (χ1n) is 5.50. The summed E-state index contributed by atoms with van der Waals surface area (Å²) in [5, 5.41) is 0. The first-order valence-corrected chi connectivity index (χ1v) is 7.09. The minimum absolute atomic E-state index is 0.0220. The Morgan fingerprint density at radius 2 is 1.70 bits per heavy atom. The fourth-order valence-electron chi connectivity index (χ4n) is 1.67. The van der Waals surface area contributed by atoms with Gasteiger partial charge in [0.2, 0.25) is 0 Å². The van der Waals surface area contributed by atoms with Crippen molar-refractivity contribution in [2.24, 2.45) is 0 Å². The Bertz CT molecular complexity index is 686. The first-order chi connectivity index (χ1) is 9.40. The van der Waals surface area contributed by atoms with Gasteiger partial charge in [-0.2, -0.15) is 0 Å². The van der Waals surface area contributed by atoms with Crippen molar-refractivity contribution in [2.45, 2.75) is 6.42 Å². The molecule has 0 aromatic heterocycles. The SMILES string of the molecule is O=C(Cc1ccc(Br)cc1F)c1ccc(F)c(F)c1Br.